The molecule has 1 aromatic carbocycles. The van der Waals surface area contributed by atoms with Crippen molar-refractivity contribution in [1.82, 2.24) is 9.88 Å². The van der Waals surface area contributed by atoms with Crippen LogP contribution < -0.4 is 4.90 Å². The summed E-state index contributed by atoms with van der Waals surface area (Å²) < 4.78 is 0. The molecule has 1 saturated heterocycles. The minimum atomic E-state index is 0.848. The molecule has 0 spiro atoms. The normalized spacial score (nSPS) is 16.8. The van der Waals surface area contributed by atoms with Gasteiger partial charge in [-0.15, -0.1) is 0 Å². The van der Waals surface area contributed by atoms with E-state index in [9.17, 15) is 0 Å². The van der Waals surface area contributed by atoms with Crippen molar-refractivity contribution in [3.63, 3.8) is 0 Å². The number of piperazine rings is 1. The van der Waals surface area contributed by atoms with Gasteiger partial charge in [-0.1, -0.05) is 23.7 Å². The molecule has 19 heavy (non-hydrogen) atoms. The van der Waals surface area contributed by atoms with Crippen LogP contribution in [-0.4, -0.2) is 36.1 Å². The first-order chi connectivity index (χ1) is 9.33. The number of hydrogen-bond donors (Lipinski definition) is 1. The van der Waals surface area contributed by atoms with Gasteiger partial charge in [-0.3, -0.25) is 4.90 Å². The number of aromatic nitrogens is 1. The molecule has 2 heterocycles. The summed E-state index contributed by atoms with van der Waals surface area (Å²) in [5, 5.41) is 0.848. The van der Waals surface area contributed by atoms with Crippen LogP contribution in [0.1, 0.15) is 5.69 Å². The van der Waals surface area contributed by atoms with Crippen molar-refractivity contribution in [2.45, 2.75) is 6.54 Å². The van der Waals surface area contributed by atoms with Crippen molar-refractivity contribution in [3.05, 3.63) is 53.3 Å². The largest absolute Gasteiger partial charge is 0.368 e. The van der Waals surface area contributed by atoms with Crippen LogP contribution in [0.3, 0.4) is 0 Å². The Labute approximate surface area is 118 Å². The summed E-state index contributed by atoms with van der Waals surface area (Å²) in [6, 6.07) is 12.3. The molecule has 3 nitrogen and oxygen atoms in total. The number of hydrogen-bond acceptors (Lipinski definition) is 2. The van der Waals surface area contributed by atoms with E-state index in [1.165, 1.54) is 5.69 Å². The first-order valence-corrected chi connectivity index (χ1v) is 7.05. The molecule has 100 valence electrons. The van der Waals surface area contributed by atoms with E-state index in [4.69, 9.17) is 11.6 Å². The Balaban J connectivity index is 1.59. The maximum absolute atomic E-state index is 6.25. The van der Waals surface area contributed by atoms with Gasteiger partial charge in [0.25, 0.3) is 0 Å². The highest BCUT2D eigenvalue weighted by molar-refractivity contribution is 6.33. The van der Waals surface area contributed by atoms with Crippen LogP contribution in [0.2, 0.25) is 5.02 Å². The van der Waals surface area contributed by atoms with Crippen molar-refractivity contribution < 1.29 is 0 Å². The molecule has 0 amide bonds. The molecule has 1 fully saturated rings. The summed E-state index contributed by atoms with van der Waals surface area (Å²) >= 11 is 6.25. The predicted molar refractivity (Wildman–Crippen MR) is 79.7 cm³/mol. The van der Waals surface area contributed by atoms with Crippen molar-refractivity contribution in [2.75, 3.05) is 31.1 Å². The van der Waals surface area contributed by atoms with Crippen molar-refractivity contribution in [2.24, 2.45) is 0 Å². The molecular weight excluding hydrogens is 258 g/mol. The number of H-pyrrole nitrogens is 1. The molecule has 0 radical (unpaired) electrons. The monoisotopic (exact) mass is 275 g/mol. The minimum Gasteiger partial charge on any atom is -0.368 e. The highest BCUT2D eigenvalue weighted by Crippen LogP contribution is 2.26. The lowest BCUT2D eigenvalue weighted by atomic mass is 10.2. The van der Waals surface area contributed by atoms with E-state index in [0.717, 1.165) is 43.4 Å². The molecule has 3 rings (SSSR count). The summed E-state index contributed by atoms with van der Waals surface area (Å²) in [6.07, 6.45) is 1.98. The molecule has 1 aliphatic rings. The van der Waals surface area contributed by atoms with Gasteiger partial charge in [0.1, 0.15) is 0 Å². The number of benzene rings is 1. The fourth-order valence-electron chi connectivity index (χ4n) is 2.56. The van der Waals surface area contributed by atoms with Gasteiger partial charge >= 0.3 is 0 Å². The molecule has 0 saturated carbocycles. The fraction of sp³-hybridized carbons (Fsp3) is 0.333. The van der Waals surface area contributed by atoms with Gasteiger partial charge in [0.2, 0.25) is 0 Å². The first-order valence-electron chi connectivity index (χ1n) is 6.67. The van der Waals surface area contributed by atoms with Crippen LogP contribution in [0.25, 0.3) is 0 Å². The highest BCUT2D eigenvalue weighted by Gasteiger charge is 2.18. The number of aromatic amines is 1. The quantitative estimate of drug-likeness (QED) is 0.930. The minimum absolute atomic E-state index is 0.848. The zero-order valence-electron chi connectivity index (χ0n) is 10.8. The maximum atomic E-state index is 6.25. The lowest BCUT2D eigenvalue weighted by Gasteiger charge is -2.36. The number of rotatable bonds is 3. The van der Waals surface area contributed by atoms with E-state index in [2.05, 4.69) is 33.0 Å². The summed E-state index contributed by atoms with van der Waals surface area (Å²) in [5.74, 6) is 0. The number of anilines is 1. The summed E-state index contributed by atoms with van der Waals surface area (Å²) in [4.78, 5) is 8.10. The molecule has 4 heteroatoms. The van der Waals surface area contributed by atoms with E-state index in [1.54, 1.807) is 0 Å². The number of nitrogens with zero attached hydrogens (tertiary/aromatic N) is 2. The van der Waals surface area contributed by atoms with Gasteiger partial charge in [0, 0.05) is 44.6 Å². The Bertz CT molecular complexity index is 516. The van der Waals surface area contributed by atoms with E-state index < -0.39 is 0 Å². The topological polar surface area (TPSA) is 22.3 Å². The second kappa shape index (κ2) is 5.68. The molecule has 0 aliphatic carbocycles. The first kappa shape index (κ1) is 12.6. The summed E-state index contributed by atoms with van der Waals surface area (Å²) in [7, 11) is 0. The lowest BCUT2D eigenvalue weighted by Crippen LogP contribution is -2.46. The zero-order valence-corrected chi connectivity index (χ0v) is 11.6. The number of nitrogens with one attached hydrogen (secondary N) is 1. The molecular formula is C15H18ClN3. The molecule has 0 atom stereocenters. The summed E-state index contributed by atoms with van der Waals surface area (Å²) in [5.41, 5.74) is 2.44. The second-order valence-electron chi connectivity index (χ2n) is 4.91. The van der Waals surface area contributed by atoms with Gasteiger partial charge in [0.15, 0.2) is 0 Å². The van der Waals surface area contributed by atoms with Gasteiger partial charge < -0.3 is 9.88 Å². The van der Waals surface area contributed by atoms with Crippen molar-refractivity contribution in [3.8, 4) is 0 Å². The number of para-hydroxylation sites is 1. The van der Waals surface area contributed by atoms with Crippen molar-refractivity contribution in [1.29, 1.82) is 0 Å². The van der Waals surface area contributed by atoms with Gasteiger partial charge in [0.05, 0.1) is 10.7 Å². The number of halogens is 1. The third-order valence-electron chi connectivity index (χ3n) is 3.62. The van der Waals surface area contributed by atoms with Crippen LogP contribution in [0.15, 0.2) is 42.6 Å². The average Bonchev–Trinajstić information content (AvgIpc) is 2.93. The van der Waals surface area contributed by atoms with Crippen LogP contribution in [-0.2, 0) is 6.54 Å². The van der Waals surface area contributed by atoms with Gasteiger partial charge in [-0.25, -0.2) is 0 Å². The third-order valence-corrected chi connectivity index (χ3v) is 3.94. The molecule has 1 aromatic heterocycles. The van der Waals surface area contributed by atoms with E-state index >= 15 is 0 Å². The molecule has 0 unspecified atom stereocenters. The smallest absolute Gasteiger partial charge is 0.0639 e. The Kier molecular flexibility index (Phi) is 3.76. The molecule has 1 aliphatic heterocycles. The second-order valence-corrected chi connectivity index (χ2v) is 5.32. The molecule has 2 aromatic rings. The van der Waals surface area contributed by atoms with Crippen LogP contribution in [0, 0.1) is 0 Å². The van der Waals surface area contributed by atoms with Gasteiger partial charge in [-0.2, -0.15) is 0 Å². The van der Waals surface area contributed by atoms with Crippen molar-refractivity contribution >= 4 is 17.3 Å². The third kappa shape index (κ3) is 2.94. The van der Waals surface area contributed by atoms with E-state index in [1.807, 2.05) is 24.4 Å². The Morgan fingerprint density at radius 1 is 1.00 bits per heavy atom. The van der Waals surface area contributed by atoms with E-state index in [-0.39, 0.29) is 0 Å². The average molecular weight is 276 g/mol. The van der Waals surface area contributed by atoms with E-state index in [0.29, 0.717) is 0 Å². The fourth-order valence-corrected chi connectivity index (χ4v) is 2.82. The Morgan fingerprint density at radius 2 is 1.79 bits per heavy atom. The summed E-state index contributed by atoms with van der Waals surface area (Å²) in [6.45, 7) is 5.22. The Morgan fingerprint density at radius 3 is 2.47 bits per heavy atom. The maximum Gasteiger partial charge on any atom is 0.0639 e. The standard InChI is InChI=1S/C15H18ClN3/c16-14-5-1-2-6-15(14)19-10-8-18(9-11-19)12-13-4-3-7-17-13/h1-7,17H,8-12H2. The molecule has 0 bridgehead atoms. The SMILES string of the molecule is Clc1ccccc1N1CCN(Cc2ccc[nH]2)CC1. The lowest BCUT2D eigenvalue weighted by molar-refractivity contribution is 0.247. The highest BCUT2D eigenvalue weighted by atomic mass is 35.5. The van der Waals surface area contributed by atoms with Crippen LogP contribution in [0.5, 0.6) is 0 Å². The molecule has 1 N–H and O–H groups in total. The van der Waals surface area contributed by atoms with Crippen LogP contribution in [0.4, 0.5) is 5.69 Å². The Hall–Kier alpha value is -1.45. The van der Waals surface area contributed by atoms with Crippen LogP contribution >= 0.6 is 11.6 Å². The van der Waals surface area contributed by atoms with Gasteiger partial charge in [-0.05, 0) is 24.3 Å². The predicted octanol–water partition coefficient (Wildman–Crippen LogP) is 2.99. The zero-order chi connectivity index (χ0) is 13.1.